The third kappa shape index (κ3) is 3.53. The molecule has 140 valence electrons. The van der Waals surface area contributed by atoms with Crippen LogP contribution in [0, 0.1) is 5.92 Å². The van der Waals surface area contributed by atoms with Gasteiger partial charge in [0.05, 0.1) is 24.8 Å². The van der Waals surface area contributed by atoms with Gasteiger partial charge in [-0.25, -0.2) is 4.68 Å². The molecule has 4 rings (SSSR count). The summed E-state index contributed by atoms with van der Waals surface area (Å²) in [6, 6.07) is 2.05. The van der Waals surface area contributed by atoms with Gasteiger partial charge in [-0.2, -0.15) is 5.10 Å². The van der Waals surface area contributed by atoms with Gasteiger partial charge in [-0.05, 0) is 38.5 Å². The Bertz CT molecular complexity index is 697. The first-order chi connectivity index (χ1) is 12.7. The minimum Gasteiger partial charge on any atom is -0.381 e. The third-order valence-corrected chi connectivity index (χ3v) is 5.64. The molecule has 7 nitrogen and oxygen atoms in total. The number of allylic oxidation sites excluding steroid dienone is 1. The maximum absolute atomic E-state index is 12.5. The van der Waals surface area contributed by atoms with Gasteiger partial charge >= 0.3 is 0 Å². The van der Waals surface area contributed by atoms with E-state index in [1.807, 2.05) is 15.6 Å². The first-order valence-electron chi connectivity index (χ1n) is 9.63. The number of hydrogen-bond acceptors (Lipinski definition) is 4. The van der Waals surface area contributed by atoms with Gasteiger partial charge in [0.25, 0.3) is 0 Å². The SMILES string of the molecule is O=C(Nc1ccnn1C1CCN(C(=O)C2=CCCC2)CC1)[C@H]1CCOC1. The van der Waals surface area contributed by atoms with Crippen molar-refractivity contribution in [3.63, 3.8) is 0 Å². The molecule has 1 aromatic rings. The van der Waals surface area contributed by atoms with E-state index in [-0.39, 0.29) is 23.8 Å². The quantitative estimate of drug-likeness (QED) is 0.895. The van der Waals surface area contributed by atoms with Gasteiger partial charge in [0.15, 0.2) is 0 Å². The number of aromatic nitrogens is 2. The molecule has 7 heteroatoms. The monoisotopic (exact) mass is 358 g/mol. The zero-order valence-corrected chi connectivity index (χ0v) is 15.0. The van der Waals surface area contributed by atoms with Crippen molar-refractivity contribution in [2.24, 2.45) is 5.92 Å². The average Bonchev–Trinajstić information content (AvgIpc) is 3.43. The number of carbonyl (C=O) groups excluding carboxylic acids is 2. The predicted octanol–water partition coefficient (Wildman–Crippen LogP) is 2.13. The molecule has 0 aromatic carbocycles. The molecule has 0 saturated carbocycles. The minimum atomic E-state index is -0.0718. The van der Waals surface area contributed by atoms with E-state index in [1.165, 1.54) is 0 Å². The molecule has 2 aliphatic heterocycles. The lowest BCUT2D eigenvalue weighted by atomic mass is 10.0. The highest BCUT2D eigenvalue weighted by Gasteiger charge is 2.29. The Morgan fingerprint density at radius 2 is 2.08 bits per heavy atom. The first-order valence-corrected chi connectivity index (χ1v) is 9.63. The summed E-state index contributed by atoms with van der Waals surface area (Å²) in [6.07, 6.45) is 9.34. The molecule has 3 aliphatic rings. The van der Waals surface area contributed by atoms with Crippen molar-refractivity contribution < 1.29 is 14.3 Å². The molecule has 3 heterocycles. The molecule has 1 aromatic heterocycles. The van der Waals surface area contributed by atoms with E-state index in [4.69, 9.17) is 4.74 Å². The fourth-order valence-electron chi connectivity index (χ4n) is 4.06. The third-order valence-electron chi connectivity index (χ3n) is 5.64. The Hall–Kier alpha value is -2.15. The number of piperidine rings is 1. The second-order valence-corrected chi connectivity index (χ2v) is 7.36. The minimum absolute atomic E-state index is 0.00466. The summed E-state index contributed by atoms with van der Waals surface area (Å²) < 4.78 is 7.20. The number of carbonyl (C=O) groups is 2. The fourth-order valence-corrected chi connectivity index (χ4v) is 4.06. The van der Waals surface area contributed by atoms with Crippen molar-refractivity contribution in [3.8, 4) is 0 Å². The van der Waals surface area contributed by atoms with Gasteiger partial charge in [0.1, 0.15) is 5.82 Å². The molecule has 0 unspecified atom stereocenters. The van der Waals surface area contributed by atoms with Crippen LogP contribution in [0.5, 0.6) is 0 Å². The van der Waals surface area contributed by atoms with E-state index in [0.29, 0.717) is 13.2 Å². The number of likely N-dealkylation sites (tertiary alicyclic amines) is 1. The standard InChI is InChI=1S/C19H26N4O3/c24-18(15-8-12-26-13-15)21-17-5-9-20-23(17)16-6-10-22(11-7-16)19(25)14-3-1-2-4-14/h3,5,9,15-16H,1-2,4,6-8,10-13H2,(H,21,24)/t15-/m0/s1. The summed E-state index contributed by atoms with van der Waals surface area (Å²) >= 11 is 0. The lowest BCUT2D eigenvalue weighted by molar-refractivity contribution is -0.128. The van der Waals surface area contributed by atoms with Crippen molar-refractivity contribution >= 4 is 17.6 Å². The summed E-state index contributed by atoms with van der Waals surface area (Å²) in [5.74, 6) is 0.879. The Balaban J connectivity index is 1.35. The number of rotatable bonds is 4. The van der Waals surface area contributed by atoms with Crippen LogP contribution in [0.1, 0.15) is 44.6 Å². The van der Waals surface area contributed by atoms with Gasteiger partial charge in [-0.15, -0.1) is 0 Å². The van der Waals surface area contributed by atoms with Crippen LogP contribution in [-0.4, -0.2) is 52.8 Å². The molecule has 1 atom stereocenters. The molecule has 0 radical (unpaired) electrons. The first kappa shape index (κ1) is 17.3. The van der Waals surface area contributed by atoms with Crippen LogP contribution in [0.2, 0.25) is 0 Å². The van der Waals surface area contributed by atoms with E-state index >= 15 is 0 Å². The largest absolute Gasteiger partial charge is 0.381 e. The van der Waals surface area contributed by atoms with Crippen LogP contribution in [0.25, 0.3) is 0 Å². The van der Waals surface area contributed by atoms with Crippen molar-refractivity contribution in [1.29, 1.82) is 0 Å². The molecule has 2 saturated heterocycles. The highest BCUT2D eigenvalue weighted by atomic mass is 16.5. The summed E-state index contributed by atoms with van der Waals surface area (Å²) in [5, 5.41) is 7.42. The van der Waals surface area contributed by atoms with E-state index in [0.717, 1.165) is 63.0 Å². The Kier molecular flexibility index (Phi) is 5.06. The van der Waals surface area contributed by atoms with E-state index in [1.54, 1.807) is 6.20 Å². The average molecular weight is 358 g/mol. The van der Waals surface area contributed by atoms with Gasteiger partial charge in [0.2, 0.25) is 11.8 Å². The highest BCUT2D eigenvalue weighted by Crippen LogP contribution is 2.28. The molecule has 1 N–H and O–H groups in total. The normalized spacial score (nSPS) is 23.9. The molecular weight excluding hydrogens is 332 g/mol. The van der Waals surface area contributed by atoms with Crippen molar-refractivity contribution in [2.45, 2.75) is 44.6 Å². The molecule has 0 bridgehead atoms. The Morgan fingerprint density at radius 3 is 2.77 bits per heavy atom. The lowest BCUT2D eigenvalue weighted by Crippen LogP contribution is -2.40. The zero-order valence-electron chi connectivity index (χ0n) is 15.0. The maximum Gasteiger partial charge on any atom is 0.249 e. The number of amides is 2. The fraction of sp³-hybridized carbons (Fsp3) is 0.632. The summed E-state index contributed by atoms with van der Waals surface area (Å²) in [4.78, 5) is 26.8. The maximum atomic E-state index is 12.5. The van der Waals surface area contributed by atoms with Crippen LogP contribution >= 0.6 is 0 Å². The summed E-state index contributed by atoms with van der Waals surface area (Å²) in [5.41, 5.74) is 0.981. The summed E-state index contributed by atoms with van der Waals surface area (Å²) in [7, 11) is 0. The van der Waals surface area contributed by atoms with Crippen LogP contribution in [0.3, 0.4) is 0 Å². The molecule has 2 fully saturated rings. The number of anilines is 1. The van der Waals surface area contributed by atoms with Crippen LogP contribution < -0.4 is 5.32 Å². The van der Waals surface area contributed by atoms with E-state index < -0.39 is 0 Å². The van der Waals surface area contributed by atoms with Gasteiger partial charge in [-0.3, -0.25) is 9.59 Å². The number of ether oxygens (including phenoxy) is 1. The van der Waals surface area contributed by atoms with Crippen molar-refractivity contribution in [3.05, 3.63) is 23.9 Å². The predicted molar refractivity (Wildman–Crippen MR) is 96.6 cm³/mol. The number of hydrogen-bond donors (Lipinski definition) is 1. The second kappa shape index (κ2) is 7.61. The Morgan fingerprint density at radius 1 is 1.23 bits per heavy atom. The van der Waals surface area contributed by atoms with Gasteiger partial charge in [0, 0.05) is 31.3 Å². The van der Waals surface area contributed by atoms with Gasteiger partial charge in [-0.1, -0.05) is 6.08 Å². The second-order valence-electron chi connectivity index (χ2n) is 7.36. The molecule has 2 amide bonds. The highest BCUT2D eigenvalue weighted by molar-refractivity contribution is 5.94. The Labute approximate surface area is 153 Å². The van der Waals surface area contributed by atoms with E-state index in [2.05, 4.69) is 16.5 Å². The van der Waals surface area contributed by atoms with E-state index in [9.17, 15) is 9.59 Å². The smallest absolute Gasteiger partial charge is 0.249 e. The van der Waals surface area contributed by atoms with Crippen LogP contribution in [-0.2, 0) is 14.3 Å². The summed E-state index contributed by atoms with van der Waals surface area (Å²) in [6.45, 7) is 2.63. The molecular formula is C19H26N4O3. The zero-order chi connectivity index (χ0) is 17.9. The topological polar surface area (TPSA) is 76.5 Å². The van der Waals surface area contributed by atoms with Crippen LogP contribution in [0.4, 0.5) is 5.82 Å². The van der Waals surface area contributed by atoms with Crippen LogP contribution in [0.15, 0.2) is 23.9 Å². The molecule has 26 heavy (non-hydrogen) atoms. The molecule has 0 spiro atoms. The number of nitrogens with one attached hydrogen (secondary N) is 1. The molecule has 1 aliphatic carbocycles. The van der Waals surface area contributed by atoms with Crippen molar-refractivity contribution in [2.75, 3.05) is 31.6 Å². The van der Waals surface area contributed by atoms with Gasteiger partial charge < -0.3 is 15.0 Å². The lowest BCUT2D eigenvalue weighted by Gasteiger charge is -2.33. The number of nitrogens with zero attached hydrogens (tertiary/aromatic N) is 3. The van der Waals surface area contributed by atoms with Crippen molar-refractivity contribution in [1.82, 2.24) is 14.7 Å².